The molecule has 0 spiro atoms. The van der Waals surface area contributed by atoms with E-state index in [0.717, 1.165) is 23.3 Å². The van der Waals surface area contributed by atoms with Crippen molar-refractivity contribution in [3.05, 3.63) is 29.3 Å². The van der Waals surface area contributed by atoms with Crippen LogP contribution in [-0.2, 0) is 0 Å². The second-order valence-electron chi connectivity index (χ2n) is 6.05. The van der Waals surface area contributed by atoms with Crippen LogP contribution in [0.4, 0.5) is 0 Å². The van der Waals surface area contributed by atoms with Crippen LogP contribution in [0, 0.1) is 12.8 Å². The largest absolute Gasteiger partial charge is 0.491 e. The Balaban J connectivity index is 1.83. The predicted octanol–water partition coefficient (Wildman–Crippen LogP) is 3.37. The summed E-state index contributed by atoms with van der Waals surface area (Å²) in [6, 6.07) is 5.68. The SMILES string of the molecule is Cc1cc([C@H](C)O)ccc1OCC(O)CC1CCCC1. The Morgan fingerprint density at radius 3 is 2.55 bits per heavy atom. The van der Waals surface area contributed by atoms with E-state index in [0.29, 0.717) is 12.5 Å². The van der Waals surface area contributed by atoms with E-state index in [2.05, 4.69) is 0 Å². The molecule has 1 unspecified atom stereocenters. The highest BCUT2D eigenvalue weighted by Crippen LogP contribution is 2.29. The lowest BCUT2D eigenvalue weighted by Crippen LogP contribution is -2.20. The van der Waals surface area contributed by atoms with E-state index in [9.17, 15) is 10.2 Å². The lowest BCUT2D eigenvalue weighted by atomic mass is 10.0. The molecule has 20 heavy (non-hydrogen) atoms. The van der Waals surface area contributed by atoms with Gasteiger partial charge in [0, 0.05) is 0 Å². The van der Waals surface area contributed by atoms with Crippen LogP contribution in [0.3, 0.4) is 0 Å². The van der Waals surface area contributed by atoms with Gasteiger partial charge in [0.05, 0.1) is 12.2 Å². The maximum absolute atomic E-state index is 10.0. The quantitative estimate of drug-likeness (QED) is 0.839. The standard InChI is InChI=1S/C17H26O3/c1-12-9-15(13(2)18)7-8-17(12)20-11-16(19)10-14-5-3-4-6-14/h7-9,13-14,16,18-19H,3-6,10-11H2,1-2H3/t13-,16?/m0/s1. The molecular formula is C17H26O3. The van der Waals surface area contributed by atoms with Gasteiger partial charge in [-0.05, 0) is 49.4 Å². The lowest BCUT2D eigenvalue weighted by molar-refractivity contribution is 0.0852. The molecule has 112 valence electrons. The van der Waals surface area contributed by atoms with Gasteiger partial charge in [0.1, 0.15) is 12.4 Å². The van der Waals surface area contributed by atoms with Gasteiger partial charge < -0.3 is 14.9 Å². The van der Waals surface area contributed by atoms with E-state index in [4.69, 9.17) is 4.74 Å². The van der Waals surface area contributed by atoms with Crippen molar-refractivity contribution < 1.29 is 14.9 Å². The van der Waals surface area contributed by atoms with Crippen LogP contribution < -0.4 is 4.74 Å². The molecule has 3 heteroatoms. The zero-order chi connectivity index (χ0) is 14.5. The number of aliphatic hydroxyl groups excluding tert-OH is 2. The summed E-state index contributed by atoms with van der Waals surface area (Å²) in [5.74, 6) is 1.46. The predicted molar refractivity (Wildman–Crippen MR) is 79.9 cm³/mol. The van der Waals surface area contributed by atoms with E-state index in [1.807, 2.05) is 25.1 Å². The Bertz CT molecular complexity index is 422. The van der Waals surface area contributed by atoms with Crippen LogP contribution in [0.25, 0.3) is 0 Å². The first-order valence-electron chi connectivity index (χ1n) is 7.65. The van der Waals surface area contributed by atoms with Gasteiger partial charge in [-0.25, -0.2) is 0 Å². The van der Waals surface area contributed by atoms with Crippen LogP contribution in [0.2, 0.25) is 0 Å². The molecule has 3 nitrogen and oxygen atoms in total. The molecule has 0 saturated heterocycles. The van der Waals surface area contributed by atoms with Crippen molar-refractivity contribution in [3.8, 4) is 5.75 Å². The highest BCUT2D eigenvalue weighted by molar-refractivity contribution is 5.36. The summed E-state index contributed by atoms with van der Waals surface area (Å²) in [4.78, 5) is 0. The number of rotatable bonds is 6. The summed E-state index contributed by atoms with van der Waals surface area (Å²) >= 11 is 0. The van der Waals surface area contributed by atoms with E-state index in [1.54, 1.807) is 6.92 Å². The summed E-state index contributed by atoms with van der Waals surface area (Å²) in [6.07, 6.45) is 5.11. The Labute approximate surface area is 121 Å². The molecule has 0 radical (unpaired) electrons. The number of benzene rings is 1. The number of ether oxygens (including phenoxy) is 1. The summed E-state index contributed by atoms with van der Waals surface area (Å²) in [5.41, 5.74) is 1.89. The minimum absolute atomic E-state index is 0.353. The van der Waals surface area contributed by atoms with Crippen molar-refractivity contribution in [3.63, 3.8) is 0 Å². The Morgan fingerprint density at radius 1 is 1.25 bits per heavy atom. The van der Waals surface area contributed by atoms with Crippen molar-refractivity contribution in [2.45, 2.75) is 58.2 Å². The first kappa shape index (κ1) is 15.3. The zero-order valence-electron chi connectivity index (χ0n) is 12.5. The van der Waals surface area contributed by atoms with Crippen molar-refractivity contribution in [2.75, 3.05) is 6.61 Å². The number of hydrogen-bond donors (Lipinski definition) is 2. The Hall–Kier alpha value is -1.06. The third kappa shape index (κ3) is 4.22. The summed E-state index contributed by atoms with van der Waals surface area (Å²) in [5, 5.41) is 19.6. The van der Waals surface area contributed by atoms with Gasteiger partial charge in [-0.2, -0.15) is 0 Å². The van der Waals surface area contributed by atoms with Crippen molar-refractivity contribution in [1.82, 2.24) is 0 Å². The molecule has 0 heterocycles. The van der Waals surface area contributed by atoms with Gasteiger partial charge in [-0.1, -0.05) is 31.7 Å². The Morgan fingerprint density at radius 2 is 1.95 bits per heavy atom. The number of aliphatic hydroxyl groups is 2. The van der Waals surface area contributed by atoms with Crippen LogP contribution in [0.15, 0.2) is 18.2 Å². The third-order valence-electron chi connectivity index (χ3n) is 4.19. The van der Waals surface area contributed by atoms with Gasteiger partial charge >= 0.3 is 0 Å². The fraction of sp³-hybridized carbons (Fsp3) is 0.647. The molecule has 2 atom stereocenters. The average molecular weight is 278 g/mol. The molecule has 1 aromatic rings. The monoisotopic (exact) mass is 278 g/mol. The summed E-state index contributed by atoms with van der Waals surface area (Å²) in [7, 11) is 0. The smallest absolute Gasteiger partial charge is 0.122 e. The number of hydrogen-bond acceptors (Lipinski definition) is 3. The molecule has 1 aromatic carbocycles. The van der Waals surface area contributed by atoms with Gasteiger partial charge in [-0.15, -0.1) is 0 Å². The molecule has 1 fully saturated rings. The highest BCUT2D eigenvalue weighted by Gasteiger charge is 2.19. The van der Waals surface area contributed by atoms with E-state index in [-0.39, 0.29) is 6.10 Å². The van der Waals surface area contributed by atoms with Crippen molar-refractivity contribution in [2.24, 2.45) is 5.92 Å². The molecule has 0 aliphatic heterocycles. The highest BCUT2D eigenvalue weighted by atomic mass is 16.5. The average Bonchev–Trinajstić information content (AvgIpc) is 2.90. The topological polar surface area (TPSA) is 49.7 Å². The number of aryl methyl sites for hydroxylation is 1. The normalized spacial score (nSPS) is 19.0. The van der Waals surface area contributed by atoms with Crippen LogP contribution in [0.1, 0.15) is 56.3 Å². The summed E-state index contributed by atoms with van der Waals surface area (Å²) < 4.78 is 5.71. The summed E-state index contributed by atoms with van der Waals surface area (Å²) in [6.45, 7) is 4.07. The van der Waals surface area contributed by atoms with Crippen molar-refractivity contribution >= 4 is 0 Å². The van der Waals surface area contributed by atoms with Crippen LogP contribution >= 0.6 is 0 Å². The van der Waals surface area contributed by atoms with Crippen LogP contribution in [0.5, 0.6) is 5.75 Å². The van der Waals surface area contributed by atoms with Gasteiger partial charge in [0.25, 0.3) is 0 Å². The molecule has 2 rings (SSSR count). The van der Waals surface area contributed by atoms with Gasteiger partial charge in [0.15, 0.2) is 0 Å². The molecule has 2 N–H and O–H groups in total. The van der Waals surface area contributed by atoms with Crippen molar-refractivity contribution in [1.29, 1.82) is 0 Å². The zero-order valence-corrected chi connectivity index (χ0v) is 12.5. The van der Waals surface area contributed by atoms with E-state index < -0.39 is 6.10 Å². The molecule has 0 bridgehead atoms. The third-order valence-corrected chi connectivity index (χ3v) is 4.19. The Kier molecular flexibility index (Phi) is 5.44. The van der Waals surface area contributed by atoms with E-state index >= 15 is 0 Å². The maximum atomic E-state index is 10.0. The first-order chi connectivity index (χ1) is 9.56. The first-order valence-corrected chi connectivity index (χ1v) is 7.65. The van der Waals surface area contributed by atoms with E-state index in [1.165, 1.54) is 25.7 Å². The fourth-order valence-corrected chi connectivity index (χ4v) is 2.98. The van der Waals surface area contributed by atoms with Gasteiger partial charge in [-0.3, -0.25) is 0 Å². The minimum atomic E-state index is -0.462. The molecule has 0 aromatic heterocycles. The molecule has 0 amide bonds. The second kappa shape index (κ2) is 7.09. The van der Waals surface area contributed by atoms with Gasteiger partial charge in [0.2, 0.25) is 0 Å². The van der Waals surface area contributed by atoms with Crippen LogP contribution in [-0.4, -0.2) is 22.9 Å². The molecule has 1 saturated carbocycles. The molecular weight excluding hydrogens is 252 g/mol. The maximum Gasteiger partial charge on any atom is 0.122 e. The molecule has 1 aliphatic rings. The molecule has 1 aliphatic carbocycles. The lowest BCUT2D eigenvalue weighted by Gasteiger charge is -2.17. The second-order valence-corrected chi connectivity index (χ2v) is 6.05. The minimum Gasteiger partial charge on any atom is -0.491 e. The fourth-order valence-electron chi connectivity index (χ4n) is 2.98.